The van der Waals surface area contributed by atoms with Gasteiger partial charge in [0.1, 0.15) is 5.58 Å². The predicted molar refractivity (Wildman–Crippen MR) is 220 cm³/mol. The summed E-state index contributed by atoms with van der Waals surface area (Å²) < 4.78 is 7.16. The first-order chi connectivity index (χ1) is 25.8. The van der Waals surface area contributed by atoms with E-state index in [1.807, 2.05) is 0 Å². The van der Waals surface area contributed by atoms with Crippen molar-refractivity contribution in [3.63, 3.8) is 0 Å². The lowest BCUT2D eigenvalue weighted by Crippen LogP contribution is -2.10. The van der Waals surface area contributed by atoms with Crippen LogP contribution in [0.4, 0.5) is 17.1 Å². The third-order valence-corrected chi connectivity index (χ3v) is 10.2. The fourth-order valence-corrected chi connectivity index (χ4v) is 7.75. The molecule has 2 nitrogen and oxygen atoms in total. The highest BCUT2D eigenvalue weighted by Gasteiger charge is 2.24. The Balaban J connectivity index is 1.28. The average Bonchev–Trinajstić information content (AvgIpc) is 3.63. The highest BCUT2D eigenvalue weighted by Crippen LogP contribution is 2.48. The van der Waals surface area contributed by atoms with Gasteiger partial charge >= 0.3 is 0 Å². The first-order valence-electron chi connectivity index (χ1n) is 17.8. The fourth-order valence-electron chi connectivity index (χ4n) is 7.75. The number of furan rings is 1. The van der Waals surface area contributed by atoms with Crippen LogP contribution in [0.25, 0.3) is 76.9 Å². The van der Waals surface area contributed by atoms with Crippen molar-refractivity contribution in [1.82, 2.24) is 0 Å². The summed E-state index contributed by atoms with van der Waals surface area (Å²) in [5.74, 6) is 0. The van der Waals surface area contributed by atoms with Crippen LogP contribution in [0, 0.1) is 0 Å². The van der Waals surface area contributed by atoms with Crippen molar-refractivity contribution in [3.8, 4) is 33.4 Å². The van der Waals surface area contributed by atoms with Crippen LogP contribution in [0.2, 0.25) is 0 Å². The molecule has 0 N–H and O–H groups in total. The van der Waals surface area contributed by atoms with Crippen LogP contribution in [0.3, 0.4) is 0 Å². The van der Waals surface area contributed by atoms with E-state index in [9.17, 15) is 0 Å². The van der Waals surface area contributed by atoms with Crippen molar-refractivity contribution in [3.05, 3.63) is 200 Å². The molecule has 9 aromatic carbocycles. The minimum atomic E-state index is 0.857. The van der Waals surface area contributed by atoms with Gasteiger partial charge in [0, 0.05) is 27.5 Å². The molecule has 0 unspecified atom stereocenters. The van der Waals surface area contributed by atoms with Crippen LogP contribution >= 0.6 is 0 Å². The maximum atomic E-state index is 7.16. The molecule has 0 aliphatic carbocycles. The molecule has 10 aromatic rings. The van der Waals surface area contributed by atoms with Gasteiger partial charge in [0.15, 0.2) is 5.58 Å². The van der Waals surface area contributed by atoms with Crippen molar-refractivity contribution in [2.45, 2.75) is 0 Å². The number of anilines is 3. The van der Waals surface area contributed by atoms with Gasteiger partial charge in [0.2, 0.25) is 0 Å². The molecule has 0 saturated carbocycles. The van der Waals surface area contributed by atoms with Crippen molar-refractivity contribution < 1.29 is 4.42 Å². The number of hydrogen-bond donors (Lipinski definition) is 0. The lowest BCUT2D eigenvalue weighted by Gasteiger charge is -2.26. The van der Waals surface area contributed by atoms with Crippen LogP contribution in [0.5, 0.6) is 0 Å². The molecule has 0 radical (unpaired) electrons. The van der Waals surface area contributed by atoms with Gasteiger partial charge in [-0.15, -0.1) is 0 Å². The fraction of sp³-hybridized carbons (Fsp3) is 0. The maximum Gasteiger partial charge on any atom is 0.159 e. The second kappa shape index (κ2) is 12.5. The van der Waals surface area contributed by atoms with E-state index in [1.165, 1.54) is 38.4 Å². The maximum absolute atomic E-state index is 7.16. The van der Waals surface area contributed by atoms with Crippen LogP contribution in [-0.4, -0.2) is 0 Å². The van der Waals surface area contributed by atoms with Crippen LogP contribution in [0.1, 0.15) is 0 Å². The van der Waals surface area contributed by atoms with Crippen LogP contribution in [-0.2, 0) is 0 Å². The highest BCUT2D eigenvalue weighted by molar-refractivity contribution is 6.31. The second-order valence-electron chi connectivity index (χ2n) is 13.3. The van der Waals surface area contributed by atoms with Gasteiger partial charge in [-0.1, -0.05) is 164 Å². The molecule has 0 atom stereocenters. The summed E-state index contributed by atoms with van der Waals surface area (Å²) in [6.45, 7) is 0. The van der Waals surface area contributed by atoms with Gasteiger partial charge in [0.05, 0.1) is 5.69 Å². The third kappa shape index (κ3) is 5.04. The summed E-state index contributed by atoms with van der Waals surface area (Å²) >= 11 is 0. The van der Waals surface area contributed by atoms with E-state index in [0.29, 0.717) is 0 Å². The molecular weight excluding hydrogens is 631 g/mol. The van der Waals surface area contributed by atoms with Crippen LogP contribution in [0.15, 0.2) is 205 Å². The van der Waals surface area contributed by atoms with E-state index in [2.05, 4.69) is 205 Å². The highest BCUT2D eigenvalue weighted by atomic mass is 16.3. The molecular formula is C50H33NO. The monoisotopic (exact) mass is 663 g/mol. The first-order valence-corrected chi connectivity index (χ1v) is 17.8. The first kappa shape index (κ1) is 30.0. The van der Waals surface area contributed by atoms with Gasteiger partial charge < -0.3 is 9.32 Å². The van der Waals surface area contributed by atoms with Crippen LogP contribution < -0.4 is 4.90 Å². The minimum absolute atomic E-state index is 0.857. The quantitative estimate of drug-likeness (QED) is 0.165. The molecule has 1 aromatic heterocycles. The molecule has 244 valence electrons. The molecule has 0 fully saturated rings. The summed E-state index contributed by atoms with van der Waals surface area (Å²) in [5, 5.41) is 6.97. The van der Waals surface area contributed by atoms with Gasteiger partial charge in [-0.2, -0.15) is 0 Å². The zero-order valence-corrected chi connectivity index (χ0v) is 28.4. The summed E-state index contributed by atoms with van der Waals surface area (Å²) in [7, 11) is 0. The lowest BCUT2D eigenvalue weighted by atomic mass is 9.95. The average molecular weight is 664 g/mol. The molecule has 0 bridgehead atoms. The van der Waals surface area contributed by atoms with E-state index in [1.54, 1.807) is 0 Å². The van der Waals surface area contributed by atoms with E-state index in [0.717, 1.165) is 55.5 Å². The number of nitrogens with zero attached hydrogens (tertiary/aromatic N) is 1. The van der Waals surface area contributed by atoms with Crippen molar-refractivity contribution in [1.29, 1.82) is 0 Å². The molecule has 0 saturated heterocycles. The van der Waals surface area contributed by atoms with Crippen molar-refractivity contribution in [2.75, 3.05) is 4.90 Å². The Morgan fingerprint density at radius 3 is 1.21 bits per heavy atom. The lowest BCUT2D eigenvalue weighted by molar-refractivity contribution is 0.673. The summed E-state index contributed by atoms with van der Waals surface area (Å²) in [6, 6.07) is 71.5. The molecule has 2 heteroatoms. The zero-order valence-electron chi connectivity index (χ0n) is 28.4. The molecule has 52 heavy (non-hydrogen) atoms. The normalized spacial score (nSPS) is 11.5. The molecule has 0 aliphatic rings. The number of hydrogen-bond acceptors (Lipinski definition) is 2. The molecule has 0 amide bonds. The van der Waals surface area contributed by atoms with E-state index < -0.39 is 0 Å². The smallest absolute Gasteiger partial charge is 0.159 e. The Morgan fingerprint density at radius 2 is 0.692 bits per heavy atom. The van der Waals surface area contributed by atoms with E-state index >= 15 is 0 Å². The molecule has 1 heterocycles. The SMILES string of the molecule is c1ccc(-c2ccc(N(c3ccc(-c4ccccc4)cc3)c3cc(-c4ccccc4)cc4c3oc3c5ccccc5c5ccccc5c43)cc2)cc1. The zero-order chi connectivity index (χ0) is 34.4. The topological polar surface area (TPSA) is 16.4 Å². The summed E-state index contributed by atoms with van der Waals surface area (Å²) in [6.07, 6.45) is 0. The Hall–Kier alpha value is -6.90. The Labute approximate surface area is 302 Å². The largest absolute Gasteiger partial charge is 0.453 e. The Kier molecular flexibility index (Phi) is 7.18. The summed E-state index contributed by atoms with van der Waals surface area (Å²) in [5.41, 5.74) is 11.9. The molecule has 0 aliphatic heterocycles. The standard InChI is InChI=1S/C50H33NO/c1-4-14-34(15-5-1)37-24-28-40(29-25-37)51(41-30-26-38(27-31-41)35-16-6-2-7-17-35)47-33-39(36-18-8-3-9-19-36)32-46-48-44-22-12-10-20-42(44)43-21-11-13-23-45(43)50(48)52-49(46)47/h1-33H. The second-order valence-corrected chi connectivity index (χ2v) is 13.3. The Morgan fingerprint density at radius 1 is 0.288 bits per heavy atom. The number of fused-ring (bicyclic) bond motifs is 8. The van der Waals surface area contributed by atoms with Gasteiger partial charge in [-0.25, -0.2) is 0 Å². The van der Waals surface area contributed by atoms with Gasteiger partial charge in [0.25, 0.3) is 0 Å². The van der Waals surface area contributed by atoms with Gasteiger partial charge in [-0.3, -0.25) is 0 Å². The van der Waals surface area contributed by atoms with Gasteiger partial charge in [-0.05, 0) is 85.9 Å². The number of benzene rings is 9. The van der Waals surface area contributed by atoms with E-state index in [4.69, 9.17) is 4.42 Å². The Bertz CT molecular complexity index is 2770. The number of rotatable bonds is 6. The van der Waals surface area contributed by atoms with Crippen molar-refractivity contribution >= 4 is 60.5 Å². The predicted octanol–water partition coefficient (Wildman–Crippen LogP) is 14.4. The molecule has 0 spiro atoms. The third-order valence-electron chi connectivity index (χ3n) is 10.2. The van der Waals surface area contributed by atoms with Crippen molar-refractivity contribution in [2.24, 2.45) is 0 Å². The molecule has 10 rings (SSSR count). The summed E-state index contributed by atoms with van der Waals surface area (Å²) in [4.78, 5) is 2.35. The van der Waals surface area contributed by atoms with E-state index in [-0.39, 0.29) is 0 Å². The minimum Gasteiger partial charge on any atom is -0.453 e.